The van der Waals surface area contributed by atoms with Crippen LogP contribution in [-0.4, -0.2) is 45.9 Å². The second-order valence-corrected chi connectivity index (χ2v) is 8.05. The average Bonchev–Trinajstić information content (AvgIpc) is 3.25. The van der Waals surface area contributed by atoms with Gasteiger partial charge in [0.1, 0.15) is 11.6 Å². The molecule has 0 spiro atoms. The molecule has 2 aromatic rings. The number of guanidine groups is 1. The molecule has 2 heterocycles. The maximum atomic E-state index is 13.9. The summed E-state index contributed by atoms with van der Waals surface area (Å²) in [6.45, 7) is 3.63. The first-order chi connectivity index (χ1) is 14.7. The highest BCUT2D eigenvalue weighted by Crippen LogP contribution is 2.34. The summed E-state index contributed by atoms with van der Waals surface area (Å²) >= 11 is 0. The zero-order valence-electron chi connectivity index (χ0n) is 17.5. The first-order valence-electron chi connectivity index (χ1n) is 10.7. The van der Waals surface area contributed by atoms with Crippen LogP contribution in [0.25, 0.3) is 0 Å². The van der Waals surface area contributed by atoms with Crippen molar-refractivity contribution in [1.82, 2.24) is 10.6 Å². The average molecular weight is 412 g/mol. The fourth-order valence-corrected chi connectivity index (χ4v) is 4.34. The van der Waals surface area contributed by atoms with E-state index in [4.69, 9.17) is 9.47 Å². The molecule has 30 heavy (non-hydrogen) atoms. The van der Waals surface area contributed by atoms with E-state index in [0.29, 0.717) is 19.8 Å². The molecule has 6 heteroatoms. The van der Waals surface area contributed by atoms with Crippen molar-refractivity contribution in [1.29, 1.82) is 0 Å². The molecule has 0 radical (unpaired) electrons. The van der Waals surface area contributed by atoms with Crippen LogP contribution in [0.1, 0.15) is 29.5 Å². The van der Waals surface area contributed by atoms with E-state index in [0.717, 1.165) is 56.1 Å². The lowest BCUT2D eigenvalue weighted by molar-refractivity contribution is 0.0513. The van der Waals surface area contributed by atoms with Gasteiger partial charge in [-0.3, -0.25) is 4.99 Å². The second-order valence-electron chi connectivity index (χ2n) is 8.05. The Balaban J connectivity index is 1.34. The zero-order chi connectivity index (χ0) is 20.8. The number of nitrogens with one attached hydrogen (secondary N) is 2. The van der Waals surface area contributed by atoms with Crippen LogP contribution in [0.2, 0.25) is 0 Å². The van der Waals surface area contributed by atoms with Crippen molar-refractivity contribution < 1.29 is 13.9 Å². The minimum absolute atomic E-state index is 0.155. The molecule has 2 aliphatic rings. The highest BCUT2D eigenvalue weighted by molar-refractivity contribution is 5.79. The number of aliphatic imine (C=N–C) groups is 1. The van der Waals surface area contributed by atoms with Gasteiger partial charge in [0.15, 0.2) is 5.96 Å². The molecule has 0 unspecified atom stereocenters. The smallest absolute Gasteiger partial charge is 0.191 e. The number of hydrogen-bond acceptors (Lipinski definition) is 3. The van der Waals surface area contributed by atoms with Crippen LogP contribution in [0.5, 0.6) is 5.75 Å². The Morgan fingerprint density at radius 1 is 1.10 bits per heavy atom. The number of benzene rings is 2. The Bertz CT molecular complexity index is 894. The summed E-state index contributed by atoms with van der Waals surface area (Å²) in [6.07, 6.45) is 3.62. The largest absolute Gasteiger partial charge is 0.493 e. The zero-order valence-corrected chi connectivity index (χ0v) is 17.5. The molecule has 0 saturated carbocycles. The normalized spacial score (nSPS) is 17.9. The predicted octanol–water partition coefficient (Wildman–Crippen LogP) is 3.22. The van der Waals surface area contributed by atoms with Gasteiger partial charge in [-0.15, -0.1) is 0 Å². The minimum Gasteiger partial charge on any atom is -0.493 e. The van der Waals surface area contributed by atoms with E-state index >= 15 is 0 Å². The van der Waals surface area contributed by atoms with Gasteiger partial charge in [-0.05, 0) is 54.2 Å². The molecule has 5 nitrogen and oxygen atoms in total. The third kappa shape index (κ3) is 4.75. The molecule has 0 atom stereocenters. The monoisotopic (exact) mass is 411 g/mol. The summed E-state index contributed by atoms with van der Waals surface area (Å²) in [4.78, 5) is 4.37. The van der Waals surface area contributed by atoms with Crippen LogP contribution in [0.15, 0.2) is 47.5 Å². The third-order valence-corrected chi connectivity index (χ3v) is 6.16. The van der Waals surface area contributed by atoms with Gasteiger partial charge < -0.3 is 20.1 Å². The maximum Gasteiger partial charge on any atom is 0.191 e. The Hall–Kier alpha value is -2.60. The van der Waals surface area contributed by atoms with Crippen molar-refractivity contribution >= 4 is 5.96 Å². The SMILES string of the molecule is CN=C(NCCc1ccc2c(c1)CCO2)NCC1(c2cccc(F)c2)CCOCC1. The van der Waals surface area contributed by atoms with Crippen LogP contribution < -0.4 is 15.4 Å². The number of rotatable bonds is 6. The first-order valence-corrected chi connectivity index (χ1v) is 10.7. The maximum absolute atomic E-state index is 13.9. The molecule has 2 aliphatic heterocycles. The van der Waals surface area contributed by atoms with E-state index < -0.39 is 0 Å². The predicted molar refractivity (Wildman–Crippen MR) is 117 cm³/mol. The molecule has 1 saturated heterocycles. The first kappa shape index (κ1) is 20.7. The van der Waals surface area contributed by atoms with E-state index in [-0.39, 0.29) is 11.2 Å². The van der Waals surface area contributed by atoms with E-state index in [1.54, 1.807) is 19.2 Å². The van der Waals surface area contributed by atoms with Crippen LogP contribution in [-0.2, 0) is 23.0 Å². The van der Waals surface area contributed by atoms with E-state index in [1.165, 1.54) is 17.2 Å². The van der Waals surface area contributed by atoms with Crippen LogP contribution in [0, 0.1) is 5.82 Å². The minimum atomic E-state index is -0.194. The van der Waals surface area contributed by atoms with Gasteiger partial charge in [-0.1, -0.05) is 24.3 Å². The third-order valence-electron chi connectivity index (χ3n) is 6.16. The van der Waals surface area contributed by atoms with E-state index in [9.17, 15) is 4.39 Å². The number of hydrogen-bond donors (Lipinski definition) is 2. The lowest BCUT2D eigenvalue weighted by atomic mass is 9.74. The van der Waals surface area contributed by atoms with E-state index in [1.807, 2.05) is 6.07 Å². The molecule has 1 fully saturated rings. The Morgan fingerprint density at radius 3 is 2.77 bits per heavy atom. The Labute approximate surface area is 177 Å². The Kier molecular flexibility index (Phi) is 6.53. The van der Waals surface area contributed by atoms with Crippen LogP contribution in [0.4, 0.5) is 4.39 Å². The molecule has 0 aromatic heterocycles. The highest BCUT2D eigenvalue weighted by Gasteiger charge is 2.34. The fourth-order valence-electron chi connectivity index (χ4n) is 4.34. The van der Waals surface area contributed by atoms with Gasteiger partial charge in [0.05, 0.1) is 6.61 Å². The number of ether oxygens (including phenoxy) is 2. The summed E-state index contributed by atoms with van der Waals surface area (Å²) in [5, 5.41) is 6.87. The lowest BCUT2D eigenvalue weighted by Gasteiger charge is -2.38. The number of nitrogens with zero attached hydrogens (tertiary/aromatic N) is 1. The summed E-state index contributed by atoms with van der Waals surface area (Å²) in [5.74, 6) is 1.59. The van der Waals surface area contributed by atoms with Crippen molar-refractivity contribution in [2.24, 2.45) is 4.99 Å². The van der Waals surface area contributed by atoms with E-state index in [2.05, 4.69) is 33.8 Å². The summed E-state index contributed by atoms with van der Waals surface area (Å²) in [6, 6.07) is 13.4. The lowest BCUT2D eigenvalue weighted by Crippen LogP contribution is -2.48. The highest BCUT2D eigenvalue weighted by atomic mass is 19.1. The van der Waals surface area contributed by atoms with Crippen molar-refractivity contribution in [2.75, 3.05) is 40.0 Å². The van der Waals surface area contributed by atoms with Gasteiger partial charge in [0.25, 0.3) is 0 Å². The van der Waals surface area contributed by atoms with Crippen molar-refractivity contribution in [3.8, 4) is 5.75 Å². The summed E-state index contributed by atoms with van der Waals surface area (Å²) in [5.41, 5.74) is 3.46. The van der Waals surface area contributed by atoms with Gasteiger partial charge >= 0.3 is 0 Å². The van der Waals surface area contributed by atoms with Gasteiger partial charge in [0, 0.05) is 45.2 Å². The van der Waals surface area contributed by atoms with Crippen molar-refractivity contribution in [3.05, 3.63) is 65.0 Å². The fraction of sp³-hybridized carbons (Fsp3) is 0.458. The topological polar surface area (TPSA) is 54.9 Å². The Morgan fingerprint density at radius 2 is 1.97 bits per heavy atom. The summed E-state index contributed by atoms with van der Waals surface area (Å²) in [7, 11) is 1.78. The molecular formula is C24H30FN3O2. The van der Waals surface area contributed by atoms with Crippen LogP contribution >= 0.6 is 0 Å². The molecule has 2 aromatic carbocycles. The molecule has 0 amide bonds. The van der Waals surface area contributed by atoms with Crippen LogP contribution in [0.3, 0.4) is 0 Å². The molecule has 0 aliphatic carbocycles. The van der Waals surface area contributed by atoms with Crippen molar-refractivity contribution in [3.63, 3.8) is 0 Å². The number of fused-ring (bicyclic) bond motifs is 1. The molecule has 2 N–H and O–H groups in total. The standard InChI is InChI=1S/C24H30FN3O2/c1-26-23(27-11-7-18-5-6-22-19(15-18)8-12-30-22)28-17-24(9-13-29-14-10-24)20-3-2-4-21(25)16-20/h2-6,15-16H,7-14,17H2,1H3,(H2,26,27,28). The van der Waals surface area contributed by atoms with Gasteiger partial charge in [-0.25, -0.2) is 4.39 Å². The second kappa shape index (κ2) is 9.47. The van der Waals surface area contributed by atoms with Crippen molar-refractivity contribution in [2.45, 2.75) is 31.1 Å². The van der Waals surface area contributed by atoms with Gasteiger partial charge in [0.2, 0.25) is 0 Å². The molecule has 160 valence electrons. The molecule has 4 rings (SSSR count). The number of halogens is 1. The molecule has 0 bridgehead atoms. The van der Waals surface area contributed by atoms with Gasteiger partial charge in [-0.2, -0.15) is 0 Å². The summed E-state index contributed by atoms with van der Waals surface area (Å²) < 4.78 is 25.0. The molecular weight excluding hydrogens is 381 g/mol. The quantitative estimate of drug-likeness (QED) is 0.566.